The SMILES string of the molecule is O=C(O)C(F)(F)c1ccc(N2CCOCC2)cc1. The fraction of sp³-hybridized carbons (Fsp3) is 0.417. The summed E-state index contributed by atoms with van der Waals surface area (Å²) in [5.74, 6) is -5.98. The summed E-state index contributed by atoms with van der Waals surface area (Å²) in [6, 6.07) is 5.33. The minimum Gasteiger partial charge on any atom is -0.477 e. The molecule has 0 unspecified atom stereocenters. The Hall–Kier alpha value is -1.69. The van der Waals surface area contributed by atoms with E-state index in [1.165, 1.54) is 12.1 Å². The quantitative estimate of drug-likeness (QED) is 0.895. The van der Waals surface area contributed by atoms with Crippen molar-refractivity contribution in [3.8, 4) is 0 Å². The lowest BCUT2D eigenvalue weighted by molar-refractivity contribution is -0.166. The van der Waals surface area contributed by atoms with Gasteiger partial charge >= 0.3 is 11.9 Å². The summed E-state index contributed by atoms with van der Waals surface area (Å²) in [7, 11) is 0. The fourth-order valence-corrected chi connectivity index (χ4v) is 1.83. The van der Waals surface area contributed by atoms with Gasteiger partial charge in [-0.2, -0.15) is 8.78 Å². The van der Waals surface area contributed by atoms with E-state index in [0.717, 1.165) is 17.8 Å². The van der Waals surface area contributed by atoms with Crippen LogP contribution in [0.25, 0.3) is 0 Å². The third kappa shape index (κ3) is 2.43. The van der Waals surface area contributed by atoms with Crippen LogP contribution in [0.15, 0.2) is 24.3 Å². The molecule has 0 aliphatic carbocycles. The van der Waals surface area contributed by atoms with Gasteiger partial charge in [0.05, 0.1) is 13.2 Å². The van der Waals surface area contributed by atoms with E-state index in [4.69, 9.17) is 9.84 Å². The van der Waals surface area contributed by atoms with Crippen LogP contribution in [-0.4, -0.2) is 37.4 Å². The van der Waals surface area contributed by atoms with Crippen molar-refractivity contribution in [1.82, 2.24) is 0 Å². The number of ether oxygens (including phenoxy) is 1. The minimum atomic E-state index is -3.84. The van der Waals surface area contributed by atoms with Gasteiger partial charge in [0.25, 0.3) is 0 Å². The lowest BCUT2D eigenvalue weighted by Crippen LogP contribution is -2.36. The number of nitrogens with zero attached hydrogens (tertiary/aromatic N) is 1. The summed E-state index contributed by atoms with van der Waals surface area (Å²) in [5.41, 5.74) is 0.287. The first kappa shape index (κ1) is 12.8. The monoisotopic (exact) mass is 257 g/mol. The van der Waals surface area contributed by atoms with Crippen LogP contribution in [0.4, 0.5) is 14.5 Å². The van der Waals surface area contributed by atoms with Gasteiger partial charge in [0, 0.05) is 24.3 Å². The molecule has 4 nitrogen and oxygen atoms in total. The summed E-state index contributed by atoms with van der Waals surface area (Å²) < 4.78 is 31.6. The Morgan fingerprint density at radius 3 is 2.28 bits per heavy atom. The number of benzene rings is 1. The van der Waals surface area contributed by atoms with Gasteiger partial charge in [0.1, 0.15) is 0 Å². The van der Waals surface area contributed by atoms with Crippen molar-refractivity contribution in [2.75, 3.05) is 31.2 Å². The average molecular weight is 257 g/mol. The molecule has 2 rings (SSSR count). The minimum absolute atomic E-state index is 0.507. The number of rotatable bonds is 3. The van der Waals surface area contributed by atoms with Crippen molar-refractivity contribution in [2.45, 2.75) is 5.92 Å². The highest BCUT2D eigenvalue weighted by Gasteiger charge is 2.40. The van der Waals surface area contributed by atoms with Crippen LogP contribution in [0.5, 0.6) is 0 Å². The van der Waals surface area contributed by atoms with Crippen LogP contribution in [0, 0.1) is 0 Å². The number of alkyl halides is 2. The van der Waals surface area contributed by atoms with Gasteiger partial charge in [-0.05, 0) is 12.1 Å². The highest BCUT2D eigenvalue weighted by Crippen LogP contribution is 2.29. The fourth-order valence-electron chi connectivity index (χ4n) is 1.83. The predicted molar refractivity (Wildman–Crippen MR) is 61.0 cm³/mol. The molecule has 0 radical (unpaired) electrons. The van der Waals surface area contributed by atoms with Crippen molar-refractivity contribution in [3.05, 3.63) is 29.8 Å². The Morgan fingerprint density at radius 1 is 1.22 bits per heavy atom. The third-order valence-electron chi connectivity index (χ3n) is 2.87. The molecule has 18 heavy (non-hydrogen) atoms. The van der Waals surface area contributed by atoms with Crippen LogP contribution in [-0.2, 0) is 15.5 Å². The van der Waals surface area contributed by atoms with Gasteiger partial charge in [-0.1, -0.05) is 12.1 Å². The highest BCUT2D eigenvalue weighted by molar-refractivity contribution is 5.77. The Balaban J connectivity index is 2.17. The second kappa shape index (κ2) is 4.89. The molecule has 1 aromatic carbocycles. The third-order valence-corrected chi connectivity index (χ3v) is 2.87. The second-order valence-corrected chi connectivity index (χ2v) is 4.03. The van der Waals surface area contributed by atoms with E-state index in [1.807, 2.05) is 4.90 Å². The average Bonchev–Trinajstić information content (AvgIpc) is 2.40. The molecule has 0 aromatic heterocycles. The number of anilines is 1. The standard InChI is InChI=1S/C12H13F2NO3/c13-12(14,11(16)17)9-1-3-10(4-2-9)15-5-7-18-8-6-15/h1-4H,5-8H2,(H,16,17). The van der Waals surface area contributed by atoms with E-state index in [0.29, 0.717) is 26.3 Å². The summed E-state index contributed by atoms with van der Waals surface area (Å²) in [6.07, 6.45) is 0. The number of carboxylic acid groups (broad SMARTS) is 1. The summed E-state index contributed by atoms with van der Waals surface area (Å²) >= 11 is 0. The largest absolute Gasteiger partial charge is 0.477 e. The van der Waals surface area contributed by atoms with Gasteiger partial charge in [-0.3, -0.25) is 0 Å². The summed E-state index contributed by atoms with van der Waals surface area (Å²) in [4.78, 5) is 12.4. The van der Waals surface area contributed by atoms with E-state index in [-0.39, 0.29) is 0 Å². The Bertz CT molecular complexity index is 427. The van der Waals surface area contributed by atoms with Crippen LogP contribution in [0.3, 0.4) is 0 Å². The van der Waals surface area contributed by atoms with Crippen molar-refractivity contribution >= 4 is 11.7 Å². The molecular weight excluding hydrogens is 244 g/mol. The molecule has 1 fully saturated rings. The van der Waals surface area contributed by atoms with Gasteiger partial charge in [-0.15, -0.1) is 0 Å². The molecular formula is C12H13F2NO3. The van der Waals surface area contributed by atoms with Crippen LogP contribution < -0.4 is 4.90 Å². The van der Waals surface area contributed by atoms with Crippen molar-refractivity contribution in [3.63, 3.8) is 0 Å². The van der Waals surface area contributed by atoms with E-state index in [2.05, 4.69) is 0 Å². The first-order valence-corrected chi connectivity index (χ1v) is 5.56. The van der Waals surface area contributed by atoms with Gasteiger partial charge in [0.15, 0.2) is 0 Å². The zero-order valence-corrected chi connectivity index (χ0v) is 9.60. The van der Waals surface area contributed by atoms with Crippen molar-refractivity contribution in [2.24, 2.45) is 0 Å². The number of hydrogen-bond acceptors (Lipinski definition) is 3. The number of hydrogen-bond donors (Lipinski definition) is 1. The molecule has 0 bridgehead atoms. The Morgan fingerprint density at radius 2 is 1.78 bits per heavy atom. The topological polar surface area (TPSA) is 49.8 Å². The number of aliphatic carboxylic acids is 1. The number of morpholine rings is 1. The predicted octanol–water partition coefficient (Wildman–Crippen LogP) is 1.70. The van der Waals surface area contributed by atoms with E-state index in [1.54, 1.807) is 0 Å². The molecule has 1 heterocycles. The lowest BCUT2D eigenvalue weighted by atomic mass is 10.1. The maximum Gasteiger partial charge on any atom is 0.379 e. The zero-order chi connectivity index (χ0) is 13.2. The number of carbonyl (C=O) groups is 1. The maximum absolute atomic E-state index is 13.2. The first-order chi connectivity index (χ1) is 8.51. The first-order valence-electron chi connectivity index (χ1n) is 5.56. The summed E-state index contributed by atoms with van der Waals surface area (Å²) in [6.45, 7) is 2.61. The van der Waals surface area contributed by atoms with Crippen LogP contribution in [0.1, 0.15) is 5.56 Å². The molecule has 1 aliphatic heterocycles. The van der Waals surface area contributed by atoms with Gasteiger partial charge < -0.3 is 14.7 Å². The molecule has 1 saturated heterocycles. The van der Waals surface area contributed by atoms with Crippen LogP contribution >= 0.6 is 0 Å². The number of carboxylic acids is 1. The van der Waals surface area contributed by atoms with E-state index in [9.17, 15) is 13.6 Å². The molecule has 1 N–H and O–H groups in total. The zero-order valence-electron chi connectivity index (χ0n) is 9.60. The maximum atomic E-state index is 13.2. The molecule has 6 heteroatoms. The molecule has 0 atom stereocenters. The molecule has 1 aliphatic rings. The van der Waals surface area contributed by atoms with Gasteiger partial charge in [0.2, 0.25) is 0 Å². The van der Waals surface area contributed by atoms with E-state index >= 15 is 0 Å². The molecule has 0 saturated carbocycles. The van der Waals surface area contributed by atoms with Gasteiger partial charge in [-0.25, -0.2) is 4.79 Å². The smallest absolute Gasteiger partial charge is 0.379 e. The normalized spacial score (nSPS) is 16.7. The Labute approximate surface area is 103 Å². The van der Waals surface area contributed by atoms with E-state index < -0.39 is 17.5 Å². The Kier molecular flexibility index (Phi) is 3.47. The lowest BCUT2D eigenvalue weighted by Gasteiger charge is -2.29. The second-order valence-electron chi connectivity index (χ2n) is 4.03. The summed E-state index contributed by atoms with van der Waals surface area (Å²) in [5, 5.41) is 8.44. The highest BCUT2D eigenvalue weighted by atomic mass is 19.3. The van der Waals surface area contributed by atoms with Crippen LogP contribution in [0.2, 0.25) is 0 Å². The molecule has 1 aromatic rings. The molecule has 98 valence electrons. The van der Waals surface area contributed by atoms with Crippen molar-refractivity contribution in [1.29, 1.82) is 0 Å². The molecule has 0 amide bonds. The number of halogens is 2. The van der Waals surface area contributed by atoms with Crippen molar-refractivity contribution < 1.29 is 23.4 Å². The molecule has 0 spiro atoms.